The van der Waals surface area contributed by atoms with Crippen molar-refractivity contribution in [1.29, 1.82) is 5.26 Å². The first-order chi connectivity index (χ1) is 11.7. The molecule has 122 valence electrons. The molecule has 0 atom stereocenters. The summed E-state index contributed by atoms with van der Waals surface area (Å²) in [5.41, 5.74) is 1.93. The second kappa shape index (κ2) is 9.11. The van der Waals surface area contributed by atoms with Crippen molar-refractivity contribution in [3.05, 3.63) is 65.7 Å². The highest BCUT2D eigenvalue weighted by molar-refractivity contribution is 5.93. The Morgan fingerprint density at radius 3 is 2.46 bits per heavy atom. The Morgan fingerprint density at radius 1 is 1.00 bits per heavy atom. The predicted molar refractivity (Wildman–Crippen MR) is 90.1 cm³/mol. The van der Waals surface area contributed by atoms with Gasteiger partial charge in [0, 0.05) is 12.8 Å². The quantitative estimate of drug-likeness (QED) is 0.795. The number of amides is 1. The van der Waals surface area contributed by atoms with Crippen LogP contribution in [0.3, 0.4) is 0 Å². The van der Waals surface area contributed by atoms with Gasteiger partial charge in [0.05, 0.1) is 24.3 Å². The maximum atomic E-state index is 11.9. The van der Waals surface area contributed by atoms with Crippen molar-refractivity contribution in [1.82, 2.24) is 0 Å². The highest BCUT2D eigenvalue weighted by Crippen LogP contribution is 2.14. The van der Waals surface area contributed by atoms with E-state index in [4.69, 9.17) is 10.00 Å². The van der Waals surface area contributed by atoms with Crippen LogP contribution in [0.5, 0.6) is 0 Å². The SMILES string of the molecule is N#Cc1ccccc1NC(=O)CCC(=O)OCCc1ccccc1. The van der Waals surface area contributed by atoms with Crippen LogP contribution in [0.25, 0.3) is 0 Å². The summed E-state index contributed by atoms with van der Waals surface area (Å²) < 4.78 is 5.12. The van der Waals surface area contributed by atoms with E-state index in [-0.39, 0.29) is 18.7 Å². The van der Waals surface area contributed by atoms with Gasteiger partial charge >= 0.3 is 5.97 Å². The molecule has 5 nitrogen and oxygen atoms in total. The lowest BCUT2D eigenvalue weighted by atomic mass is 10.2. The van der Waals surface area contributed by atoms with E-state index in [2.05, 4.69) is 5.32 Å². The topological polar surface area (TPSA) is 79.2 Å². The fraction of sp³-hybridized carbons (Fsp3) is 0.211. The van der Waals surface area contributed by atoms with Crippen LogP contribution < -0.4 is 5.32 Å². The third kappa shape index (κ3) is 5.58. The number of carbonyl (C=O) groups is 2. The Balaban J connectivity index is 1.69. The molecule has 0 radical (unpaired) electrons. The second-order valence-electron chi connectivity index (χ2n) is 5.16. The molecular formula is C19H18N2O3. The number of esters is 1. The molecule has 0 aliphatic heterocycles. The molecule has 0 aromatic heterocycles. The summed E-state index contributed by atoms with van der Waals surface area (Å²) in [5.74, 6) is -0.729. The highest BCUT2D eigenvalue weighted by Gasteiger charge is 2.10. The number of hydrogen-bond donors (Lipinski definition) is 1. The third-order valence-electron chi connectivity index (χ3n) is 3.37. The van der Waals surface area contributed by atoms with E-state index in [1.807, 2.05) is 36.4 Å². The monoisotopic (exact) mass is 322 g/mol. The van der Waals surface area contributed by atoms with Crippen molar-refractivity contribution in [2.24, 2.45) is 0 Å². The number of nitrogens with one attached hydrogen (secondary N) is 1. The first-order valence-electron chi connectivity index (χ1n) is 7.67. The lowest BCUT2D eigenvalue weighted by Gasteiger charge is -2.07. The summed E-state index contributed by atoms with van der Waals surface area (Å²) >= 11 is 0. The van der Waals surface area contributed by atoms with Crippen LogP contribution >= 0.6 is 0 Å². The Labute approximate surface area is 140 Å². The van der Waals surface area contributed by atoms with Gasteiger partial charge < -0.3 is 10.1 Å². The summed E-state index contributed by atoms with van der Waals surface area (Å²) in [6.07, 6.45) is 0.674. The number of hydrogen-bond acceptors (Lipinski definition) is 4. The molecule has 0 saturated heterocycles. The predicted octanol–water partition coefficient (Wildman–Crippen LogP) is 3.06. The van der Waals surface area contributed by atoms with Gasteiger partial charge in [-0.05, 0) is 17.7 Å². The fourth-order valence-corrected chi connectivity index (χ4v) is 2.12. The first-order valence-corrected chi connectivity index (χ1v) is 7.67. The summed E-state index contributed by atoms with van der Waals surface area (Å²) in [7, 11) is 0. The van der Waals surface area contributed by atoms with E-state index in [1.165, 1.54) is 0 Å². The zero-order valence-electron chi connectivity index (χ0n) is 13.2. The lowest BCUT2D eigenvalue weighted by Crippen LogP contribution is -2.15. The molecule has 0 unspecified atom stereocenters. The number of ether oxygens (including phenoxy) is 1. The Morgan fingerprint density at radius 2 is 1.71 bits per heavy atom. The summed E-state index contributed by atoms with van der Waals surface area (Å²) in [5, 5.41) is 11.6. The van der Waals surface area contributed by atoms with Gasteiger partial charge in [0.1, 0.15) is 6.07 Å². The third-order valence-corrected chi connectivity index (χ3v) is 3.37. The van der Waals surface area contributed by atoms with Gasteiger partial charge in [0.25, 0.3) is 0 Å². The van der Waals surface area contributed by atoms with E-state index >= 15 is 0 Å². The van der Waals surface area contributed by atoms with Crippen LogP contribution in [0.15, 0.2) is 54.6 Å². The minimum Gasteiger partial charge on any atom is -0.465 e. The van der Waals surface area contributed by atoms with Crippen LogP contribution in [0.2, 0.25) is 0 Å². The van der Waals surface area contributed by atoms with E-state index in [1.54, 1.807) is 24.3 Å². The summed E-state index contributed by atoms with van der Waals surface area (Å²) in [4.78, 5) is 23.5. The number of anilines is 1. The number of carbonyl (C=O) groups excluding carboxylic acids is 2. The van der Waals surface area contributed by atoms with Gasteiger partial charge in [-0.25, -0.2) is 0 Å². The van der Waals surface area contributed by atoms with Crippen molar-refractivity contribution in [3.8, 4) is 6.07 Å². The second-order valence-corrected chi connectivity index (χ2v) is 5.16. The zero-order chi connectivity index (χ0) is 17.2. The number of rotatable bonds is 7. The minimum atomic E-state index is -0.408. The molecule has 0 aliphatic carbocycles. The number of benzene rings is 2. The van der Waals surface area contributed by atoms with Crippen LogP contribution in [0, 0.1) is 11.3 Å². The zero-order valence-corrected chi connectivity index (χ0v) is 13.2. The summed E-state index contributed by atoms with van der Waals surface area (Å²) in [6.45, 7) is 0.293. The smallest absolute Gasteiger partial charge is 0.306 e. The maximum absolute atomic E-state index is 11.9. The number of nitriles is 1. The van der Waals surface area contributed by atoms with Gasteiger partial charge in [-0.2, -0.15) is 5.26 Å². The minimum absolute atomic E-state index is 0.00927. The number of nitrogens with zero attached hydrogens (tertiary/aromatic N) is 1. The number of para-hydroxylation sites is 1. The van der Waals surface area contributed by atoms with E-state index in [9.17, 15) is 9.59 Å². The van der Waals surface area contributed by atoms with Crippen LogP contribution in [-0.2, 0) is 20.7 Å². The van der Waals surface area contributed by atoms with Crippen LogP contribution in [0.1, 0.15) is 24.0 Å². The Bertz CT molecular complexity index is 736. The largest absolute Gasteiger partial charge is 0.465 e. The molecule has 2 aromatic rings. The molecule has 1 N–H and O–H groups in total. The van der Waals surface area contributed by atoms with Crippen molar-refractivity contribution in [3.63, 3.8) is 0 Å². The molecular weight excluding hydrogens is 304 g/mol. The maximum Gasteiger partial charge on any atom is 0.306 e. The molecule has 0 saturated carbocycles. The molecule has 1 amide bonds. The van der Waals surface area contributed by atoms with E-state index < -0.39 is 5.97 Å². The van der Waals surface area contributed by atoms with Gasteiger partial charge in [0.2, 0.25) is 5.91 Å². The molecule has 0 aliphatic rings. The Hall–Kier alpha value is -3.13. The molecule has 24 heavy (non-hydrogen) atoms. The van der Waals surface area contributed by atoms with E-state index in [0.29, 0.717) is 24.3 Å². The molecule has 5 heteroatoms. The standard InChI is InChI=1S/C19H18N2O3/c20-14-16-8-4-5-9-17(16)21-18(22)10-11-19(23)24-13-12-15-6-2-1-3-7-15/h1-9H,10-13H2,(H,21,22). The van der Waals surface area contributed by atoms with Crippen LogP contribution in [0.4, 0.5) is 5.69 Å². The fourth-order valence-electron chi connectivity index (χ4n) is 2.12. The van der Waals surface area contributed by atoms with Gasteiger partial charge in [-0.3, -0.25) is 9.59 Å². The highest BCUT2D eigenvalue weighted by atomic mass is 16.5. The van der Waals surface area contributed by atoms with Crippen molar-refractivity contribution in [2.45, 2.75) is 19.3 Å². The first kappa shape index (κ1) is 17.2. The van der Waals surface area contributed by atoms with Crippen molar-refractivity contribution < 1.29 is 14.3 Å². The average Bonchev–Trinajstić information content (AvgIpc) is 2.61. The van der Waals surface area contributed by atoms with Gasteiger partial charge in [-0.1, -0.05) is 42.5 Å². The molecule has 2 aromatic carbocycles. The van der Waals surface area contributed by atoms with E-state index in [0.717, 1.165) is 5.56 Å². The average molecular weight is 322 g/mol. The van der Waals surface area contributed by atoms with Gasteiger partial charge in [0.15, 0.2) is 0 Å². The van der Waals surface area contributed by atoms with Crippen LogP contribution in [-0.4, -0.2) is 18.5 Å². The van der Waals surface area contributed by atoms with Gasteiger partial charge in [-0.15, -0.1) is 0 Å². The normalized spacial score (nSPS) is 9.79. The Kier molecular flexibility index (Phi) is 6.54. The van der Waals surface area contributed by atoms with Crippen molar-refractivity contribution in [2.75, 3.05) is 11.9 Å². The molecule has 0 heterocycles. The molecule has 2 rings (SSSR count). The molecule has 0 fully saturated rings. The van der Waals surface area contributed by atoms with Crippen molar-refractivity contribution >= 4 is 17.6 Å². The molecule has 0 bridgehead atoms. The molecule has 0 spiro atoms. The lowest BCUT2D eigenvalue weighted by molar-refractivity contribution is -0.144. The summed E-state index contributed by atoms with van der Waals surface area (Å²) in [6, 6.07) is 18.4.